The molecule has 0 aromatic heterocycles. The van der Waals surface area contributed by atoms with Crippen LogP contribution in [-0.4, -0.2) is 21.3 Å². The van der Waals surface area contributed by atoms with Crippen LogP contribution in [0.4, 0.5) is 0 Å². The summed E-state index contributed by atoms with van der Waals surface area (Å²) in [4.78, 5) is 0.258. The van der Waals surface area contributed by atoms with Gasteiger partial charge in [-0.3, -0.25) is 0 Å². The highest BCUT2D eigenvalue weighted by atomic mass is 79.9. The summed E-state index contributed by atoms with van der Waals surface area (Å²) in [6.07, 6.45) is 0. The Balaban J connectivity index is 2.21. The lowest BCUT2D eigenvalue weighted by Crippen LogP contribution is -2.22. The van der Waals surface area contributed by atoms with Gasteiger partial charge in [0.2, 0.25) is 0 Å². The number of hydrogen-bond acceptors (Lipinski definition) is 4. The predicted molar refractivity (Wildman–Crippen MR) is 86.1 cm³/mol. The first-order valence-corrected chi connectivity index (χ1v) is 8.75. The van der Waals surface area contributed by atoms with Crippen molar-refractivity contribution in [2.45, 2.75) is 10.9 Å². The smallest absolute Gasteiger partial charge is 0.181 e. The minimum absolute atomic E-state index is 0.151. The van der Waals surface area contributed by atoms with E-state index in [0.717, 1.165) is 5.56 Å². The van der Waals surface area contributed by atoms with Gasteiger partial charge in [-0.15, -0.1) is 0 Å². The van der Waals surface area contributed by atoms with E-state index >= 15 is 0 Å². The molecule has 0 aliphatic carbocycles. The summed E-state index contributed by atoms with van der Waals surface area (Å²) in [7, 11) is -1.88. The Hall–Kier alpha value is -1.37. The zero-order valence-corrected chi connectivity index (χ0v) is 13.9. The highest BCUT2D eigenvalue weighted by Crippen LogP contribution is 2.25. The SMILES string of the molecule is COc1ccc(C(N)CS(=O)(=O)c2ccccc2Br)cc1. The number of methoxy groups -OCH3 is 1. The third kappa shape index (κ3) is 3.84. The topological polar surface area (TPSA) is 69.4 Å². The molecule has 2 N–H and O–H groups in total. The maximum Gasteiger partial charge on any atom is 0.181 e. The van der Waals surface area contributed by atoms with Crippen molar-refractivity contribution >= 4 is 25.8 Å². The molecule has 2 aromatic rings. The van der Waals surface area contributed by atoms with Gasteiger partial charge in [0.1, 0.15) is 5.75 Å². The second-order valence-corrected chi connectivity index (χ2v) is 7.45. The first-order chi connectivity index (χ1) is 9.94. The standard InChI is InChI=1S/C15H16BrNO3S/c1-20-12-8-6-11(7-9-12)14(17)10-21(18,19)15-5-3-2-4-13(15)16/h2-9,14H,10,17H2,1H3. The van der Waals surface area contributed by atoms with Crippen molar-refractivity contribution in [2.75, 3.05) is 12.9 Å². The van der Waals surface area contributed by atoms with Gasteiger partial charge in [0, 0.05) is 10.5 Å². The third-order valence-corrected chi connectivity index (χ3v) is 5.89. The Kier molecular flexibility index (Phi) is 5.03. The zero-order chi connectivity index (χ0) is 15.5. The molecule has 0 aliphatic rings. The fourth-order valence-corrected chi connectivity index (χ4v) is 4.49. The second-order valence-electron chi connectivity index (χ2n) is 4.59. The van der Waals surface area contributed by atoms with Crippen molar-refractivity contribution in [3.63, 3.8) is 0 Å². The second kappa shape index (κ2) is 6.60. The Bertz CT molecular complexity index is 714. The summed E-state index contributed by atoms with van der Waals surface area (Å²) < 4.78 is 30.5. The summed E-state index contributed by atoms with van der Waals surface area (Å²) in [6.45, 7) is 0. The number of sulfone groups is 1. The molecular formula is C15H16BrNO3S. The lowest BCUT2D eigenvalue weighted by molar-refractivity contribution is 0.414. The summed E-state index contributed by atoms with van der Waals surface area (Å²) in [6, 6.07) is 13.2. The van der Waals surface area contributed by atoms with Crippen molar-refractivity contribution < 1.29 is 13.2 Å². The minimum atomic E-state index is -3.46. The van der Waals surface area contributed by atoms with Gasteiger partial charge in [0.15, 0.2) is 9.84 Å². The monoisotopic (exact) mass is 369 g/mol. The third-order valence-electron chi connectivity index (χ3n) is 3.11. The Labute approximate surface area is 133 Å². The fraction of sp³-hybridized carbons (Fsp3) is 0.200. The van der Waals surface area contributed by atoms with E-state index in [9.17, 15) is 8.42 Å². The number of benzene rings is 2. The molecule has 4 nitrogen and oxygen atoms in total. The molecule has 1 atom stereocenters. The molecule has 0 heterocycles. The molecule has 1 unspecified atom stereocenters. The van der Waals surface area contributed by atoms with Crippen LogP contribution in [0, 0.1) is 0 Å². The van der Waals surface area contributed by atoms with Crippen molar-refractivity contribution in [2.24, 2.45) is 5.73 Å². The van der Waals surface area contributed by atoms with Crippen LogP contribution >= 0.6 is 15.9 Å². The number of nitrogens with two attached hydrogens (primary N) is 1. The number of rotatable bonds is 5. The summed E-state index contributed by atoms with van der Waals surface area (Å²) in [5.74, 6) is 0.557. The first kappa shape index (κ1) is 16.0. The Morgan fingerprint density at radius 3 is 2.33 bits per heavy atom. The van der Waals surface area contributed by atoms with Crippen LogP contribution in [0.15, 0.2) is 57.9 Å². The zero-order valence-electron chi connectivity index (χ0n) is 11.5. The van der Waals surface area contributed by atoms with Gasteiger partial charge < -0.3 is 10.5 Å². The van der Waals surface area contributed by atoms with Crippen LogP contribution in [0.3, 0.4) is 0 Å². The lowest BCUT2D eigenvalue weighted by atomic mass is 10.1. The van der Waals surface area contributed by atoms with E-state index in [2.05, 4.69) is 15.9 Å². The maximum absolute atomic E-state index is 12.4. The van der Waals surface area contributed by atoms with Crippen molar-refractivity contribution in [1.82, 2.24) is 0 Å². The number of ether oxygens (including phenoxy) is 1. The van der Waals surface area contributed by atoms with E-state index < -0.39 is 15.9 Å². The van der Waals surface area contributed by atoms with Gasteiger partial charge in [-0.05, 0) is 45.8 Å². The van der Waals surface area contributed by atoms with Crippen LogP contribution in [0.2, 0.25) is 0 Å². The number of hydrogen-bond donors (Lipinski definition) is 1. The quantitative estimate of drug-likeness (QED) is 0.879. The largest absolute Gasteiger partial charge is 0.497 e. The van der Waals surface area contributed by atoms with E-state index in [0.29, 0.717) is 10.2 Å². The molecule has 0 fully saturated rings. The van der Waals surface area contributed by atoms with Gasteiger partial charge >= 0.3 is 0 Å². The van der Waals surface area contributed by atoms with Crippen molar-refractivity contribution in [3.8, 4) is 5.75 Å². The number of halogens is 1. The highest BCUT2D eigenvalue weighted by molar-refractivity contribution is 9.10. The summed E-state index contributed by atoms with van der Waals surface area (Å²) in [5, 5.41) is 0. The van der Waals surface area contributed by atoms with E-state index in [1.807, 2.05) is 0 Å². The Morgan fingerprint density at radius 2 is 1.76 bits per heavy atom. The molecule has 0 saturated heterocycles. The average molecular weight is 370 g/mol. The van der Waals surface area contributed by atoms with E-state index in [-0.39, 0.29) is 10.6 Å². The molecule has 0 spiro atoms. The van der Waals surface area contributed by atoms with E-state index in [1.54, 1.807) is 55.6 Å². The summed E-state index contributed by atoms with van der Waals surface area (Å²) in [5.41, 5.74) is 6.78. The van der Waals surface area contributed by atoms with Crippen LogP contribution < -0.4 is 10.5 Å². The molecule has 0 aliphatic heterocycles. The van der Waals surface area contributed by atoms with E-state index in [1.165, 1.54) is 0 Å². The van der Waals surface area contributed by atoms with Crippen molar-refractivity contribution in [3.05, 3.63) is 58.6 Å². The molecule has 6 heteroatoms. The molecule has 21 heavy (non-hydrogen) atoms. The predicted octanol–water partition coefficient (Wildman–Crippen LogP) is 2.93. The van der Waals surface area contributed by atoms with Gasteiger partial charge in [-0.2, -0.15) is 0 Å². The van der Waals surface area contributed by atoms with E-state index in [4.69, 9.17) is 10.5 Å². The van der Waals surface area contributed by atoms with Crippen LogP contribution in [0.5, 0.6) is 5.75 Å². The molecule has 0 saturated carbocycles. The van der Waals surface area contributed by atoms with Crippen molar-refractivity contribution in [1.29, 1.82) is 0 Å². The molecule has 2 aromatic carbocycles. The van der Waals surface area contributed by atoms with Crippen LogP contribution in [0.1, 0.15) is 11.6 Å². The molecule has 0 bridgehead atoms. The average Bonchev–Trinajstić information content (AvgIpc) is 2.47. The molecule has 112 valence electrons. The first-order valence-electron chi connectivity index (χ1n) is 6.31. The summed E-state index contributed by atoms with van der Waals surface area (Å²) >= 11 is 3.26. The fourth-order valence-electron chi connectivity index (χ4n) is 1.97. The molecule has 0 radical (unpaired) electrons. The van der Waals surface area contributed by atoms with Gasteiger partial charge in [-0.1, -0.05) is 24.3 Å². The van der Waals surface area contributed by atoms with Gasteiger partial charge in [0.25, 0.3) is 0 Å². The molecule has 2 rings (SSSR count). The minimum Gasteiger partial charge on any atom is -0.497 e. The highest BCUT2D eigenvalue weighted by Gasteiger charge is 2.22. The van der Waals surface area contributed by atoms with Crippen LogP contribution in [-0.2, 0) is 9.84 Å². The maximum atomic E-state index is 12.4. The van der Waals surface area contributed by atoms with Crippen LogP contribution in [0.25, 0.3) is 0 Å². The lowest BCUT2D eigenvalue weighted by Gasteiger charge is -2.14. The molecule has 0 amide bonds. The van der Waals surface area contributed by atoms with Gasteiger partial charge in [-0.25, -0.2) is 8.42 Å². The normalized spacial score (nSPS) is 12.9. The molecular weight excluding hydrogens is 354 g/mol. The van der Waals surface area contributed by atoms with Gasteiger partial charge in [0.05, 0.1) is 17.8 Å². The Morgan fingerprint density at radius 1 is 1.14 bits per heavy atom.